The number of hydrogen-bond acceptors (Lipinski definition) is 3. The number of rotatable bonds is 4. The van der Waals surface area contributed by atoms with Crippen molar-refractivity contribution in [3.05, 3.63) is 63.9 Å². The van der Waals surface area contributed by atoms with Gasteiger partial charge >= 0.3 is 0 Å². The molecule has 0 saturated heterocycles. The maximum Gasteiger partial charge on any atom is 0.236 e. The van der Waals surface area contributed by atoms with Gasteiger partial charge < -0.3 is 0 Å². The number of hydrogen-bond donors (Lipinski definition) is 0. The van der Waals surface area contributed by atoms with Crippen LogP contribution in [-0.4, -0.2) is 10.9 Å². The third-order valence-electron chi connectivity index (χ3n) is 5.29. The highest BCUT2D eigenvalue weighted by molar-refractivity contribution is 9.10. The van der Waals surface area contributed by atoms with E-state index in [1.165, 1.54) is 6.42 Å². The van der Waals surface area contributed by atoms with Crippen LogP contribution in [0.15, 0.2) is 59.1 Å². The Morgan fingerprint density at radius 3 is 2.43 bits per heavy atom. The van der Waals surface area contributed by atoms with E-state index in [0.717, 1.165) is 57.1 Å². The van der Waals surface area contributed by atoms with Gasteiger partial charge in [0.05, 0.1) is 11.4 Å². The molecule has 0 spiro atoms. The summed E-state index contributed by atoms with van der Waals surface area (Å²) in [6.07, 6.45) is 5.43. The first kappa shape index (κ1) is 19.3. The first-order valence-electron chi connectivity index (χ1n) is 9.76. The van der Waals surface area contributed by atoms with Gasteiger partial charge in [0.15, 0.2) is 5.13 Å². The van der Waals surface area contributed by atoms with Crippen molar-refractivity contribution >= 4 is 44.0 Å². The largest absolute Gasteiger partial charge is 0.274 e. The number of carbonyl (C=O) groups excluding carboxylic acids is 1. The van der Waals surface area contributed by atoms with Crippen LogP contribution in [0.5, 0.6) is 0 Å². The Labute approximate surface area is 178 Å². The Bertz CT molecular complexity index is 964. The summed E-state index contributed by atoms with van der Waals surface area (Å²) in [5.41, 5.74) is 2.90. The zero-order valence-corrected chi connectivity index (χ0v) is 18.3. The fourth-order valence-corrected chi connectivity index (χ4v) is 5.24. The predicted octanol–water partition coefficient (Wildman–Crippen LogP) is 7.13. The number of carbonyl (C=O) groups is 1. The molecule has 0 bridgehead atoms. The van der Waals surface area contributed by atoms with Crippen molar-refractivity contribution in [1.29, 1.82) is 0 Å². The van der Waals surface area contributed by atoms with Gasteiger partial charge in [-0.2, -0.15) is 0 Å². The number of thiazole rings is 1. The highest BCUT2D eigenvalue weighted by Crippen LogP contribution is 2.40. The van der Waals surface area contributed by atoms with E-state index in [-0.39, 0.29) is 11.8 Å². The molecule has 1 aliphatic rings. The second-order valence-electron chi connectivity index (χ2n) is 7.23. The second kappa shape index (κ2) is 8.58. The van der Waals surface area contributed by atoms with Crippen LogP contribution in [-0.2, 0) is 4.79 Å². The van der Waals surface area contributed by atoms with Crippen LogP contribution in [0.4, 0.5) is 10.8 Å². The summed E-state index contributed by atoms with van der Waals surface area (Å²) in [5, 5.41) is 0.749. The molecular formula is C23H23BrN2OS. The van der Waals surface area contributed by atoms with Crippen LogP contribution in [0.25, 0.3) is 11.3 Å². The summed E-state index contributed by atoms with van der Waals surface area (Å²) in [7, 11) is 0. The normalized spacial score (nSPS) is 14.8. The molecule has 1 fully saturated rings. The van der Waals surface area contributed by atoms with Crippen LogP contribution in [0.1, 0.15) is 37.0 Å². The minimum atomic E-state index is 0.0743. The zero-order valence-electron chi connectivity index (χ0n) is 15.9. The van der Waals surface area contributed by atoms with Crippen molar-refractivity contribution in [2.75, 3.05) is 4.90 Å². The maximum atomic E-state index is 13.6. The van der Waals surface area contributed by atoms with Gasteiger partial charge in [-0.05, 0) is 47.8 Å². The number of nitrogens with zero attached hydrogens (tertiary/aromatic N) is 2. The number of halogens is 1. The predicted molar refractivity (Wildman–Crippen MR) is 120 cm³/mol. The first-order chi connectivity index (χ1) is 13.6. The van der Waals surface area contributed by atoms with Crippen molar-refractivity contribution in [3.63, 3.8) is 0 Å². The molecule has 1 aliphatic carbocycles. The van der Waals surface area contributed by atoms with Crippen LogP contribution in [0, 0.1) is 12.8 Å². The summed E-state index contributed by atoms with van der Waals surface area (Å²) in [6, 6.07) is 18.1. The first-order valence-corrected chi connectivity index (χ1v) is 11.4. The fraction of sp³-hybridized carbons (Fsp3) is 0.304. The molecule has 2 aromatic carbocycles. The molecule has 4 rings (SSSR count). The smallest absolute Gasteiger partial charge is 0.236 e. The van der Waals surface area contributed by atoms with E-state index >= 15 is 0 Å². The Balaban J connectivity index is 1.78. The minimum absolute atomic E-state index is 0.0743. The van der Waals surface area contributed by atoms with Crippen LogP contribution < -0.4 is 4.90 Å². The van der Waals surface area contributed by atoms with E-state index in [2.05, 4.69) is 35.0 Å². The van der Waals surface area contributed by atoms with E-state index < -0.39 is 0 Å². The summed E-state index contributed by atoms with van der Waals surface area (Å²) in [5.74, 6) is 0.241. The summed E-state index contributed by atoms with van der Waals surface area (Å²) >= 11 is 5.23. The fourth-order valence-electron chi connectivity index (χ4n) is 3.82. The van der Waals surface area contributed by atoms with E-state index in [1.807, 2.05) is 47.4 Å². The van der Waals surface area contributed by atoms with Gasteiger partial charge in [0.1, 0.15) is 0 Å². The number of anilines is 2. The number of aryl methyl sites for hydroxylation is 1. The molecule has 1 saturated carbocycles. The molecule has 1 heterocycles. The van der Waals surface area contributed by atoms with Crippen molar-refractivity contribution in [1.82, 2.24) is 4.98 Å². The molecule has 3 aromatic rings. The second-order valence-corrected chi connectivity index (χ2v) is 9.26. The average Bonchev–Trinajstić information content (AvgIpc) is 3.12. The highest BCUT2D eigenvalue weighted by Gasteiger charge is 2.31. The van der Waals surface area contributed by atoms with Gasteiger partial charge in [0.2, 0.25) is 5.91 Å². The zero-order chi connectivity index (χ0) is 19.5. The molecule has 1 aromatic heterocycles. The molecule has 28 heavy (non-hydrogen) atoms. The van der Waals surface area contributed by atoms with Gasteiger partial charge in [-0.15, -0.1) is 11.3 Å². The van der Waals surface area contributed by atoms with E-state index in [1.54, 1.807) is 11.3 Å². The monoisotopic (exact) mass is 454 g/mol. The SMILES string of the molecule is Cc1sc(N(C(=O)C2CCCCC2)c2ccccc2Br)nc1-c1ccccc1. The lowest BCUT2D eigenvalue weighted by atomic mass is 9.88. The molecule has 3 nitrogen and oxygen atoms in total. The summed E-state index contributed by atoms with van der Waals surface area (Å²) in [6.45, 7) is 2.08. The Hall–Kier alpha value is -1.98. The van der Waals surface area contributed by atoms with Crippen molar-refractivity contribution < 1.29 is 4.79 Å². The number of para-hydroxylation sites is 1. The van der Waals surface area contributed by atoms with Crippen molar-refractivity contribution in [3.8, 4) is 11.3 Å². The molecule has 5 heteroatoms. The van der Waals surface area contributed by atoms with Crippen LogP contribution >= 0.6 is 27.3 Å². The Kier molecular flexibility index (Phi) is 5.93. The maximum absolute atomic E-state index is 13.6. The molecule has 0 radical (unpaired) electrons. The van der Waals surface area contributed by atoms with Gasteiger partial charge in [0.25, 0.3) is 0 Å². The van der Waals surface area contributed by atoms with E-state index in [9.17, 15) is 4.79 Å². The molecule has 0 atom stereocenters. The van der Waals surface area contributed by atoms with Crippen molar-refractivity contribution in [2.45, 2.75) is 39.0 Å². The lowest BCUT2D eigenvalue weighted by molar-refractivity contribution is -0.122. The van der Waals surface area contributed by atoms with Gasteiger partial charge in [0, 0.05) is 20.8 Å². The van der Waals surface area contributed by atoms with E-state index in [4.69, 9.17) is 4.98 Å². The number of benzene rings is 2. The van der Waals surface area contributed by atoms with Crippen LogP contribution in [0.3, 0.4) is 0 Å². The molecule has 1 amide bonds. The number of amides is 1. The number of aromatic nitrogens is 1. The Morgan fingerprint density at radius 1 is 1.04 bits per heavy atom. The van der Waals surface area contributed by atoms with Gasteiger partial charge in [-0.3, -0.25) is 9.69 Å². The molecule has 144 valence electrons. The quantitative estimate of drug-likeness (QED) is 0.419. The lowest BCUT2D eigenvalue weighted by Gasteiger charge is -2.28. The van der Waals surface area contributed by atoms with Gasteiger partial charge in [-0.25, -0.2) is 4.98 Å². The third kappa shape index (κ3) is 3.91. The molecule has 0 unspecified atom stereocenters. The third-order valence-corrected chi connectivity index (χ3v) is 6.92. The molecule has 0 N–H and O–H groups in total. The molecule has 0 aliphatic heterocycles. The Morgan fingerprint density at radius 2 is 1.71 bits per heavy atom. The lowest BCUT2D eigenvalue weighted by Crippen LogP contribution is -2.33. The average molecular weight is 455 g/mol. The van der Waals surface area contributed by atoms with Gasteiger partial charge in [-0.1, -0.05) is 61.7 Å². The summed E-state index contributed by atoms with van der Waals surface area (Å²) in [4.78, 5) is 21.5. The van der Waals surface area contributed by atoms with E-state index in [0.29, 0.717) is 0 Å². The standard InChI is InChI=1S/C23H23BrN2OS/c1-16-21(17-10-4-2-5-11-17)25-23(28-16)26(20-15-9-8-14-19(20)24)22(27)18-12-6-3-7-13-18/h2,4-5,8-11,14-15,18H,3,6-7,12-13H2,1H3. The molecular weight excluding hydrogens is 432 g/mol. The highest BCUT2D eigenvalue weighted by atomic mass is 79.9. The van der Waals surface area contributed by atoms with Crippen LogP contribution in [0.2, 0.25) is 0 Å². The summed E-state index contributed by atoms with van der Waals surface area (Å²) < 4.78 is 0.910. The van der Waals surface area contributed by atoms with Crippen molar-refractivity contribution in [2.24, 2.45) is 5.92 Å². The minimum Gasteiger partial charge on any atom is -0.274 e. The topological polar surface area (TPSA) is 33.2 Å².